The van der Waals surface area contributed by atoms with Crippen molar-refractivity contribution in [3.63, 3.8) is 0 Å². The molecule has 0 spiro atoms. The number of likely N-dealkylation sites (tertiary alicyclic amines) is 1. The van der Waals surface area contributed by atoms with Gasteiger partial charge in [0.2, 0.25) is 17.6 Å². The number of aromatic nitrogens is 1. The maximum absolute atomic E-state index is 13.6. The van der Waals surface area contributed by atoms with Gasteiger partial charge in [-0.2, -0.15) is 0 Å². The van der Waals surface area contributed by atoms with E-state index in [1.54, 1.807) is 0 Å². The van der Waals surface area contributed by atoms with Crippen molar-refractivity contribution in [2.45, 2.75) is 64.1 Å². The van der Waals surface area contributed by atoms with Crippen LogP contribution in [0.25, 0.3) is 10.2 Å². The number of benzene rings is 1. The van der Waals surface area contributed by atoms with E-state index in [1.807, 2.05) is 29.2 Å². The van der Waals surface area contributed by atoms with E-state index in [9.17, 15) is 19.2 Å². The van der Waals surface area contributed by atoms with Crippen molar-refractivity contribution in [1.82, 2.24) is 20.5 Å². The topological polar surface area (TPSA) is 118 Å². The first kappa shape index (κ1) is 25.4. The number of nitrogens with zero attached hydrogens (tertiary/aromatic N) is 2. The summed E-state index contributed by atoms with van der Waals surface area (Å²) in [6.07, 6.45) is 2.15. The number of nitrogens with one attached hydrogen (secondary N) is 2. The van der Waals surface area contributed by atoms with Gasteiger partial charge in [0.25, 0.3) is 5.91 Å². The Morgan fingerprint density at radius 3 is 2.79 bits per heavy atom. The number of ether oxygens (including phenoxy) is 1. The van der Waals surface area contributed by atoms with Crippen molar-refractivity contribution in [1.29, 1.82) is 0 Å². The molecule has 38 heavy (non-hydrogen) atoms. The minimum Gasteiger partial charge on any atom is -0.368 e. The average molecular weight is 539 g/mol. The first-order chi connectivity index (χ1) is 18.2. The van der Waals surface area contributed by atoms with Gasteiger partial charge in [-0.15, -0.1) is 11.3 Å². The highest BCUT2D eigenvalue weighted by Gasteiger charge is 2.67. The monoisotopic (exact) mass is 538 g/mol. The largest absolute Gasteiger partial charge is 0.368 e. The maximum atomic E-state index is 13.6. The van der Waals surface area contributed by atoms with Gasteiger partial charge in [0, 0.05) is 38.1 Å². The van der Waals surface area contributed by atoms with E-state index in [4.69, 9.17) is 4.74 Å². The number of Topliss-reactive ketones (excluding diaryl/α,β-unsaturated/α-hetero) is 1. The Labute approximate surface area is 225 Å². The molecule has 202 valence electrons. The molecule has 0 unspecified atom stereocenters. The van der Waals surface area contributed by atoms with Crippen LogP contribution in [0.5, 0.6) is 0 Å². The first-order valence-corrected chi connectivity index (χ1v) is 14.4. The number of rotatable bonds is 8. The second-order valence-corrected chi connectivity index (χ2v) is 12.7. The van der Waals surface area contributed by atoms with Crippen LogP contribution < -0.4 is 10.6 Å². The summed E-state index contributed by atoms with van der Waals surface area (Å²) < 4.78 is 6.56. The summed E-state index contributed by atoms with van der Waals surface area (Å²) in [6, 6.07) is 6.46. The summed E-state index contributed by atoms with van der Waals surface area (Å²) in [5, 5.41) is 6.11. The van der Waals surface area contributed by atoms with Crippen LogP contribution in [-0.4, -0.2) is 71.3 Å². The summed E-state index contributed by atoms with van der Waals surface area (Å²) in [7, 11) is 0. The molecular formula is C28H34N4O5S. The number of hydrogen-bond acceptors (Lipinski definition) is 7. The van der Waals surface area contributed by atoms with Gasteiger partial charge in [0.15, 0.2) is 5.01 Å². The second kappa shape index (κ2) is 9.72. The van der Waals surface area contributed by atoms with Crippen molar-refractivity contribution in [2.24, 2.45) is 23.2 Å². The minimum absolute atomic E-state index is 0.0203. The predicted octanol–water partition coefficient (Wildman–Crippen LogP) is 2.54. The van der Waals surface area contributed by atoms with Crippen molar-refractivity contribution < 1.29 is 23.9 Å². The van der Waals surface area contributed by atoms with E-state index in [2.05, 4.69) is 29.5 Å². The van der Waals surface area contributed by atoms with Gasteiger partial charge in [-0.1, -0.05) is 26.0 Å². The van der Waals surface area contributed by atoms with Crippen LogP contribution in [-0.2, 0) is 19.1 Å². The quantitative estimate of drug-likeness (QED) is 0.499. The number of thiazole rings is 1. The van der Waals surface area contributed by atoms with Gasteiger partial charge in [0.1, 0.15) is 6.10 Å². The van der Waals surface area contributed by atoms with Crippen LogP contribution >= 0.6 is 11.3 Å². The van der Waals surface area contributed by atoms with Crippen molar-refractivity contribution in [3.05, 3.63) is 29.3 Å². The van der Waals surface area contributed by atoms with Gasteiger partial charge in [0.05, 0.1) is 16.3 Å². The number of fused-ring (bicyclic) bond motifs is 2. The van der Waals surface area contributed by atoms with Crippen LogP contribution in [0.3, 0.4) is 0 Å². The minimum atomic E-state index is -0.858. The van der Waals surface area contributed by atoms with E-state index >= 15 is 0 Å². The van der Waals surface area contributed by atoms with Gasteiger partial charge in [-0.05, 0) is 55.1 Å². The van der Waals surface area contributed by atoms with E-state index in [1.165, 1.54) is 11.3 Å². The van der Waals surface area contributed by atoms with Crippen LogP contribution in [0.1, 0.15) is 55.8 Å². The Bertz CT molecular complexity index is 1250. The van der Waals surface area contributed by atoms with E-state index < -0.39 is 12.1 Å². The van der Waals surface area contributed by atoms with Crippen molar-refractivity contribution >= 4 is 45.1 Å². The summed E-state index contributed by atoms with van der Waals surface area (Å²) >= 11 is 1.30. The normalized spacial score (nSPS) is 30.2. The average Bonchev–Trinajstić information content (AvgIpc) is 3.55. The Hall–Kier alpha value is -2.85. The molecule has 3 saturated heterocycles. The molecule has 1 aromatic carbocycles. The fourth-order valence-electron chi connectivity index (χ4n) is 6.84. The smallest absolute Gasteiger partial charge is 0.251 e. The third-order valence-electron chi connectivity index (χ3n) is 9.07. The van der Waals surface area contributed by atoms with Crippen LogP contribution in [0, 0.1) is 23.2 Å². The summed E-state index contributed by atoms with van der Waals surface area (Å²) in [4.78, 5) is 59.0. The highest BCUT2D eigenvalue weighted by Crippen LogP contribution is 2.65. The molecule has 1 aliphatic carbocycles. The Balaban J connectivity index is 1.20. The zero-order valence-electron chi connectivity index (χ0n) is 21.8. The lowest BCUT2D eigenvalue weighted by atomic mass is 9.94. The molecule has 0 radical (unpaired) electrons. The molecule has 3 aliphatic heterocycles. The summed E-state index contributed by atoms with van der Waals surface area (Å²) in [5.41, 5.74) is 0.817. The molecule has 6 rings (SSSR count). The molecule has 3 amide bonds. The molecule has 0 bridgehead atoms. The lowest BCUT2D eigenvalue weighted by Gasteiger charge is -2.32. The van der Waals surface area contributed by atoms with E-state index in [0.717, 1.165) is 23.1 Å². The Morgan fingerprint density at radius 2 is 2.08 bits per heavy atom. The lowest BCUT2D eigenvalue weighted by molar-refractivity contribution is -0.143. The highest BCUT2D eigenvalue weighted by molar-refractivity contribution is 7.20. The number of ketones is 1. The number of amides is 3. The van der Waals surface area contributed by atoms with Gasteiger partial charge >= 0.3 is 0 Å². The fourth-order valence-corrected chi connectivity index (χ4v) is 7.80. The lowest BCUT2D eigenvalue weighted by Crippen LogP contribution is -2.49. The summed E-state index contributed by atoms with van der Waals surface area (Å²) in [5.74, 6) is -0.384. The second-order valence-electron chi connectivity index (χ2n) is 11.7. The van der Waals surface area contributed by atoms with Crippen LogP contribution in [0.4, 0.5) is 0 Å². The van der Waals surface area contributed by atoms with E-state index in [0.29, 0.717) is 37.0 Å². The molecule has 6 atom stereocenters. The molecule has 9 nitrogen and oxygen atoms in total. The SMILES string of the molecule is CC1(C)[C@@H]2[C@@H](CC(=O)N[C@@H](C[C@@H]3CCNC3=O)C(=O)c3nc4ccccc4s3)N(C(=O)[C@H]3CCCO3)C[C@@H]21. The fraction of sp³-hybridized carbons (Fsp3) is 0.607. The van der Waals surface area contributed by atoms with Crippen LogP contribution in [0.15, 0.2) is 24.3 Å². The van der Waals surface area contributed by atoms with Crippen molar-refractivity contribution in [3.8, 4) is 0 Å². The standard InChI is InChI=1S/C28H34N4O5S/c1-28(2)16-14-32(27(36)20-7-5-11-37-20)19(23(16)28)13-22(33)30-18(12-15-9-10-29-25(15)35)24(34)26-31-17-6-3-4-8-21(17)38-26/h3-4,6,8,15-16,18-20,23H,5,7,9-14H2,1-2H3,(H,29,35)(H,30,33)/t15-,16-,18-,19+,20+,23-/m0/s1. The third kappa shape index (κ3) is 4.51. The molecule has 1 aromatic heterocycles. The Kier molecular flexibility index (Phi) is 6.50. The summed E-state index contributed by atoms with van der Waals surface area (Å²) in [6.45, 7) is 6.20. The van der Waals surface area contributed by atoms with Gasteiger partial charge in [-0.3, -0.25) is 19.2 Å². The number of hydrogen-bond donors (Lipinski definition) is 2. The molecule has 2 N–H and O–H groups in total. The maximum Gasteiger partial charge on any atom is 0.251 e. The molecule has 2 aromatic rings. The zero-order valence-corrected chi connectivity index (χ0v) is 22.6. The van der Waals surface area contributed by atoms with Crippen molar-refractivity contribution in [2.75, 3.05) is 19.7 Å². The predicted molar refractivity (Wildman–Crippen MR) is 141 cm³/mol. The van der Waals surface area contributed by atoms with Crippen LogP contribution in [0.2, 0.25) is 0 Å². The molecule has 4 heterocycles. The van der Waals surface area contributed by atoms with Gasteiger partial charge < -0.3 is 20.3 Å². The molecule has 4 aliphatic rings. The Morgan fingerprint density at radius 1 is 1.26 bits per heavy atom. The van der Waals surface area contributed by atoms with Gasteiger partial charge in [-0.25, -0.2) is 4.98 Å². The third-order valence-corrected chi connectivity index (χ3v) is 10.1. The number of piperidine rings is 1. The molecular weight excluding hydrogens is 504 g/mol. The highest BCUT2D eigenvalue weighted by atomic mass is 32.1. The number of carbonyl (C=O) groups excluding carboxylic acids is 4. The number of para-hydroxylation sites is 1. The van der Waals surface area contributed by atoms with E-state index in [-0.39, 0.29) is 59.6 Å². The first-order valence-electron chi connectivity index (χ1n) is 13.6. The number of carbonyl (C=O) groups is 4. The molecule has 4 fully saturated rings. The molecule has 1 saturated carbocycles. The zero-order chi connectivity index (χ0) is 26.6. The molecule has 10 heteroatoms.